The molecule has 3 nitrogen and oxygen atoms in total. The molecule has 0 aliphatic heterocycles. The van der Waals surface area contributed by atoms with E-state index >= 15 is 0 Å². The Morgan fingerprint density at radius 2 is 1.81 bits per heavy atom. The topological polar surface area (TPSA) is 41.5 Å². The smallest absolute Gasteiger partial charge is 0.175 e. The SMILES string of the molecule is [B]C(=O)c1cccc(C(/C=C\C(=C)NC(C)(C)c2cccc(F)c2)=NC)c1. The standard InChI is InChI=1S/C22H22BFN2O/c1-15(26-22(2,3)18-9-6-10-19(24)14-18)11-12-20(25-4)16-7-5-8-17(13-16)21(23)27/h5-14,26H,1H2,2-4H3/b12-11-,25-20?. The van der Waals surface area contributed by atoms with Gasteiger partial charge in [0.1, 0.15) is 11.5 Å². The van der Waals surface area contributed by atoms with Gasteiger partial charge in [0.05, 0.1) is 11.3 Å². The maximum atomic E-state index is 13.5. The number of halogens is 1. The molecule has 0 heterocycles. The summed E-state index contributed by atoms with van der Waals surface area (Å²) in [5.74, 6) is -0.279. The number of hydrogen-bond donors (Lipinski definition) is 1. The Bertz CT molecular complexity index is 916. The number of hydrogen-bond acceptors (Lipinski definition) is 3. The summed E-state index contributed by atoms with van der Waals surface area (Å²) in [4.78, 5) is 15.6. The Hall–Kier alpha value is -2.95. The summed E-state index contributed by atoms with van der Waals surface area (Å²) in [6.07, 6.45) is 3.59. The lowest BCUT2D eigenvalue weighted by Crippen LogP contribution is -2.35. The first-order chi connectivity index (χ1) is 12.7. The number of carbonyl (C=O) groups is 1. The van der Waals surface area contributed by atoms with E-state index in [0.717, 1.165) is 11.1 Å². The molecule has 0 bridgehead atoms. The van der Waals surface area contributed by atoms with Crippen molar-refractivity contribution in [3.05, 3.63) is 95.5 Å². The van der Waals surface area contributed by atoms with Crippen molar-refractivity contribution in [3.8, 4) is 0 Å². The highest BCUT2D eigenvalue weighted by molar-refractivity contribution is 6.62. The minimum absolute atomic E-state index is 0.279. The summed E-state index contributed by atoms with van der Waals surface area (Å²) in [6.45, 7) is 7.91. The van der Waals surface area contributed by atoms with Crippen molar-refractivity contribution < 1.29 is 9.18 Å². The molecule has 0 saturated carbocycles. The number of allylic oxidation sites excluding steroid dienone is 2. The number of nitrogens with zero attached hydrogens (tertiary/aromatic N) is 1. The molecule has 0 saturated heterocycles. The third-order valence-electron chi connectivity index (χ3n) is 4.15. The van der Waals surface area contributed by atoms with Gasteiger partial charge in [-0.15, -0.1) is 0 Å². The van der Waals surface area contributed by atoms with Crippen LogP contribution in [0.15, 0.2) is 78.0 Å². The van der Waals surface area contributed by atoms with E-state index in [1.54, 1.807) is 43.5 Å². The summed E-state index contributed by atoms with van der Waals surface area (Å²) in [6, 6.07) is 13.4. The van der Waals surface area contributed by atoms with Crippen molar-refractivity contribution in [2.75, 3.05) is 7.05 Å². The predicted octanol–water partition coefficient (Wildman–Crippen LogP) is 4.15. The summed E-state index contributed by atoms with van der Waals surface area (Å²) >= 11 is 0. The molecular formula is C22H22BFN2O. The molecule has 5 heteroatoms. The number of benzene rings is 2. The highest BCUT2D eigenvalue weighted by Crippen LogP contribution is 2.22. The lowest BCUT2D eigenvalue weighted by atomic mass is 9.92. The van der Waals surface area contributed by atoms with Crippen molar-refractivity contribution in [1.29, 1.82) is 0 Å². The normalized spacial score (nSPS) is 12.2. The Balaban J connectivity index is 2.15. The van der Waals surface area contributed by atoms with Gasteiger partial charge >= 0.3 is 0 Å². The van der Waals surface area contributed by atoms with Crippen molar-refractivity contribution in [1.82, 2.24) is 5.32 Å². The molecule has 0 unspecified atom stereocenters. The van der Waals surface area contributed by atoms with Crippen molar-refractivity contribution >= 4 is 19.2 Å². The first-order valence-corrected chi connectivity index (χ1v) is 8.51. The largest absolute Gasteiger partial charge is 0.377 e. The minimum atomic E-state index is -0.501. The molecule has 2 aromatic carbocycles. The van der Waals surface area contributed by atoms with Crippen LogP contribution in [0.1, 0.15) is 35.3 Å². The van der Waals surface area contributed by atoms with E-state index in [1.807, 2.05) is 26.0 Å². The molecule has 0 aliphatic rings. The van der Waals surface area contributed by atoms with Gasteiger partial charge in [-0.3, -0.25) is 4.99 Å². The van der Waals surface area contributed by atoms with Crippen LogP contribution >= 0.6 is 0 Å². The van der Waals surface area contributed by atoms with Gasteiger partial charge in [0, 0.05) is 23.9 Å². The van der Waals surface area contributed by atoms with E-state index in [2.05, 4.69) is 16.9 Å². The average molecular weight is 360 g/mol. The summed E-state index contributed by atoms with van der Waals surface area (Å²) in [5, 5.41) is 3.28. The van der Waals surface area contributed by atoms with Crippen LogP contribution < -0.4 is 5.32 Å². The molecule has 2 aromatic rings. The molecule has 27 heavy (non-hydrogen) atoms. The summed E-state index contributed by atoms with van der Waals surface area (Å²) < 4.78 is 13.5. The van der Waals surface area contributed by atoms with Crippen LogP contribution in [-0.2, 0) is 5.54 Å². The molecule has 0 aliphatic carbocycles. The lowest BCUT2D eigenvalue weighted by molar-refractivity contribution is 0.108. The Labute approximate surface area is 161 Å². The van der Waals surface area contributed by atoms with E-state index in [9.17, 15) is 9.18 Å². The third-order valence-corrected chi connectivity index (χ3v) is 4.15. The van der Waals surface area contributed by atoms with Gasteiger partial charge in [0.15, 0.2) is 7.85 Å². The zero-order valence-electron chi connectivity index (χ0n) is 15.8. The molecule has 136 valence electrons. The molecule has 0 spiro atoms. The van der Waals surface area contributed by atoms with Gasteiger partial charge in [-0.05, 0) is 49.8 Å². The van der Waals surface area contributed by atoms with E-state index in [-0.39, 0.29) is 5.82 Å². The molecule has 2 rings (SSSR count). The Morgan fingerprint density at radius 1 is 1.15 bits per heavy atom. The molecule has 0 fully saturated rings. The maximum Gasteiger partial charge on any atom is 0.175 e. The summed E-state index contributed by atoms with van der Waals surface area (Å²) in [5.41, 5.74) is 2.36. The number of rotatable bonds is 7. The van der Waals surface area contributed by atoms with E-state index < -0.39 is 11.2 Å². The van der Waals surface area contributed by atoms with Crippen LogP contribution in [-0.4, -0.2) is 26.3 Å². The lowest BCUT2D eigenvalue weighted by Gasteiger charge is -2.28. The fourth-order valence-electron chi connectivity index (χ4n) is 2.70. The first kappa shape index (κ1) is 20.4. The van der Waals surface area contributed by atoms with Crippen LogP contribution in [0.25, 0.3) is 0 Å². The van der Waals surface area contributed by atoms with E-state index in [1.165, 1.54) is 12.1 Å². The zero-order chi connectivity index (χ0) is 20.0. The van der Waals surface area contributed by atoms with Crippen molar-refractivity contribution in [3.63, 3.8) is 0 Å². The fourth-order valence-corrected chi connectivity index (χ4v) is 2.70. The zero-order valence-corrected chi connectivity index (χ0v) is 15.8. The number of aliphatic imine (C=N–C) groups is 1. The maximum absolute atomic E-state index is 13.5. The molecule has 0 aromatic heterocycles. The Morgan fingerprint density at radius 3 is 2.44 bits per heavy atom. The van der Waals surface area contributed by atoms with Gasteiger partial charge < -0.3 is 10.1 Å². The second-order valence-corrected chi connectivity index (χ2v) is 6.67. The van der Waals surface area contributed by atoms with Crippen LogP contribution in [0.3, 0.4) is 0 Å². The number of carbonyl (C=O) groups excluding carboxylic acids is 1. The van der Waals surface area contributed by atoms with Crippen molar-refractivity contribution in [2.45, 2.75) is 19.4 Å². The van der Waals surface area contributed by atoms with Gasteiger partial charge in [-0.1, -0.05) is 36.9 Å². The van der Waals surface area contributed by atoms with Crippen LogP contribution in [0.5, 0.6) is 0 Å². The highest BCUT2D eigenvalue weighted by atomic mass is 19.1. The second-order valence-electron chi connectivity index (χ2n) is 6.67. The molecule has 2 radical (unpaired) electrons. The van der Waals surface area contributed by atoms with Crippen LogP contribution in [0.2, 0.25) is 0 Å². The van der Waals surface area contributed by atoms with E-state index in [0.29, 0.717) is 17.0 Å². The van der Waals surface area contributed by atoms with Gasteiger partial charge in [0.25, 0.3) is 0 Å². The third kappa shape index (κ3) is 5.51. The molecular weight excluding hydrogens is 338 g/mol. The second kappa shape index (κ2) is 8.63. The number of nitrogens with one attached hydrogen (secondary N) is 1. The van der Waals surface area contributed by atoms with E-state index in [4.69, 9.17) is 7.85 Å². The first-order valence-electron chi connectivity index (χ1n) is 8.51. The van der Waals surface area contributed by atoms with Crippen molar-refractivity contribution in [2.24, 2.45) is 4.99 Å². The average Bonchev–Trinajstić information content (AvgIpc) is 2.62. The molecule has 0 atom stereocenters. The Kier molecular flexibility index (Phi) is 6.51. The summed E-state index contributed by atoms with van der Waals surface area (Å²) in [7, 11) is 7.00. The molecule has 0 amide bonds. The van der Waals surface area contributed by atoms with Crippen LogP contribution in [0.4, 0.5) is 4.39 Å². The monoisotopic (exact) mass is 360 g/mol. The minimum Gasteiger partial charge on any atom is -0.377 e. The van der Waals surface area contributed by atoms with Crippen LogP contribution in [0, 0.1) is 5.82 Å². The van der Waals surface area contributed by atoms with Gasteiger partial charge in [-0.25, -0.2) is 4.39 Å². The van der Waals surface area contributed by atoms with Gasteiger partial charge in [0.2, 0.25) is 0 Å². The predicted molar refractivity (Wildman–Crippen MR) is 110 cm³/mol. The van der Waals surface area contributed by atoms with Gasteiger partial charge in [-0.2, -0.15) is 0 Å². The fraction of sp³-hybridized carbons (Fsp3) is 0.182. The highest BCUT2D eigenvalue weighted by Gasteiger charge is 2.20. The molecule has 1 N–H and O–H groups in total. The quantitative estimate of drug-likeness (QED) is 0.458.